The van der Waals surface area contributed by atoms with Crippen LogP contribution in [0.15, 0.2) is 22.8 Å². The summed E-state index contributed by atoms with van der Waals surface area (Å²) in [6.45, 7) is 1.16. The number of allylic oxidation sites excluding steroid dienone is 2. The minimum absolute atomic E-state index is 1.16. The van der Waals surface area contributed by atoms with E-state index < -0.39 is 0 Å². The minimum atomic E-state index is 1.16. The van der Waals surface area contributed by atoms with Gasteiger partial charge in [-0.3, -0.25) is 0 Å². The SMILES string of the molecule is C1=CC2=C(CCCCN2)SC1. The molecule has 2 aliphatic rings. The smallest absolute Gasteiger partial charge is 0.0434 e. The Morgan fingerprint density at radius 3 is 3.36 bits per heavy atom. The van der Waals surface area contributed by atoms with Crippen LogP contribution in [0, 0.1) is 0 Å². The number of thioether (sulfide) groups is 1. The van der Waals surface area contributed by atoms with Gasteiger partial charge in [0.05, 0.1) is 0 Å². The Balaban J connectivity index is 2.17. The fourth-order valence-corrected chi connectivity index (χ4v) is 2.46. The van der Waals surface area contributed by atoms with E-state index in [1.54, 1.807) is 4.91 Å². The number of hydrogen-bond donors (Lipinski definition) is 1. The molecule has 11 heavy (non-hydrogen) atoms. The molecule has 2 aliphatic heterocycles. The average Bonchev–Trinajstić information content (AvgIpc) is 2.28. The molecule has 0 atom stereocenters. The summed E-state index contributed by atoms with van der Waals surface area (Å²) in [5.74, 6) is 1.17. The predicted molar refractivity (Wildman–Crippen MR) is 50.5 cm³/mol. The Kier molecular flexibility index (Phi) is 2.22. The maximum atomic E-state index is 3.46. The van der Waals surface area contributed by atoms with E-state index in [1.807, 2.05) is 11.8 Å². The molecule has 0 aromatic carbocycles. The van der Waals surface area contributed by atoms with Crippen LogP contribution in [0.3, 0.4) is 0 Å². The van der Waals surface area contributed by atoms with Crippen molar-refractivity contribution in [1.29, 1.82) is 0 Å². The molecule has 0 unspecified atom stereocenters. The summed E-state index contributed by atoms with van der Waals surface area (Å²) in [4.78, 5) is 1.57. The Hall–Kier alpha value is -0.370. The second kappa shape index (κ2) is 3.35. The zero-order valence-electron chi connectivity index (χ0n) is 6.60. The van der Waals surface area contributed by atoms with Crippen molar-refractivity contribution in [2.45, 2.75) is 19.3 Å². The zero-order chi connectivity index (χ0) is 7.52. The van der Waals surface area contributed by atoms with Gasteiger partial charge in [0, 0.05) is 22.9 Å². The summed E-state index contributed by atoms with van der Waals surface area (Å²) in [6, 6.07) is 0. The molecule has 0 fully saturated rings. The lowest BCUT2D eigenvalue weighted by atomic mass is 10.2. The first kappa shape index (κ1) is 7.29. The van der Waals surface area contributed by atoms with E-state index in [-0.39, 0.29) is 0 Å². The summed E-state index contributed by atoms with van der Waals surface area (Å²) in [7, 11) is 0. The average molecular weight is 167 g/mol. The van der Waals surface area contributed by atoms with E-state index in [1.165, 1.54) is 30.7 Å². The Bertz CT molecular complexity index is 206. The molecule has 0 spiro atoms. The van der Waals surface area contributed by atoms with Crippen molar-refractivity contribution in [2.75, 3.05) is 12.3 Å². The number of nitrogens with one attached hydrogen (secondary N) is 1. The third-order valence-corrected chi connectivity index (χ3v) is 3.22. The van der Waals surface area contributed by atoms with Crippen molar-refractivity contribution in [2.24, 2.45) is 0 Å². The van der Waals surface area contributed by atoms with Crippen LogP contribution in [0.25, 0.3) is 0 Å². The summed E-state index contributed by atoms with van der Waals surface area (Å²) in [5, 5.41) is 3.46. The van der Waals surface area contributed by atoms with Crippen molar-refractivity contribution in [1.82, 2.24) is 5.32 Å². The van der Waals surface area contributed by atoms with Crippen LogP contribution >= 0.6 is 11.8 Å². The van der Waals surface area contributed by atoms with Gasteiger partial charge >= 0.3 is 0 Å². The van der Waals surface area contributed by atoms with Gasteiger partial charge in [0.25, 0.3) is 0 Å². The summed E-state index contributed by atoms with van der Waals surface area (Å²) >= 11 is 1.99. The van der Waals surface area contributed by atoms with Crippen LogP contribution in [-0.2, 0) is 0 Å². The van der Waals surface area contributed by atoms with E-state index in [2.05, 4.69) is 17.5 Å². The van der Waals surface area contributed by atoms with E-state index in [9.17, 15) is 0 Å². The molecule has 60 valence electrons. The highest BCUT2D eigenvalue weighted by atomic mass is 32.2. The highest BCUT2D eigenvalue weighted by molar-refractivity contribution is 8.03. The van der Waals surface area contributed by atoms with E-state index in [0.717, 1.165) is 6.54 Å². The Labute approximate surface area is 71.9 Å². The highest BCUT2D eigenvalue weighted by Crippen LogP contribution is 2.29. The van der Waals surface area contributed by atoms with E-state index in [4.69, 9.17) is 0 Å². The molecule has 0 bridgehead atoms. The molecular weight excluding hydrogens is 154 g/mol. The number of rotatable bonds is 0. The van der Waals surface area contributed by atoms with Crippen LogP contribution in [-0.4, -0.2) is 12.3 Å². The molecule has 0 aromatic rings. The lowest BCUT2D eigenvalue weighted by molar-refractivity contribution is 0.722. The molecule has 1 nitrogen and oxygen atoms in total. The van der Waals surface area contributed by atoms with Gasteiger partial charge in [-0.15, -0.1) is 11.8 Å². The maximum absolute atomic E-state index is 3.46. The summed E-state index contributed by atoms with van der Waals surface area (Å²) < 4.78 is 0. The first-order valence-electron chi connectivity index (χ1n) is 4.23. The summed E-state index contributed by atoms with van der Waals surface area (Å²) in [6.07, 6.45) is 8.43. The normalized spacial score (nSPS) is 24.0. The second-order valence-electron chi connectivity index (χ2n) is 2.93. The van der Waals surface area contributed by atoms with Crippen LogP contribution < -0.4 is 5.32 Å². The molecule has 1 N–H and O–H groups in total. The topological polar surface area (TPSA) is 12.0 Å². The molecule has 2 rings (SSSR count). The van der Waals surface area contributed by atoms with Gasteiger partial charge in [-0.1, -0.05) is 6.08 Å². The fourth-order valence-electron chi connectivity index (χ4n) is 1.48. The van der Waals surface area contributed by atoms with Crippen LogP contribution in [0.1, 0.15) is 19.3 Å². The predicted octanol–water partition coefficient (Wildman–Crippen LogP) is 2.27. The standard InChI is InChI=1S/C9H13NS/c1-2-6-10-8-4-3-7-11-9(8)5-1/h3-4,10H,1-2,5-7H2. The lowest BCUT2D eigenvalue weighted by Crippen LogP contribution is -2.13. The molecule has 2 heterocycles. The van der Waals surface area contributed by atoms with E-state index in [0.29, 0.717) is 0 Å². The van der Waals surface area contributed by atoms with Crippen LogP contribution in [0.5, 0.6) is 0 Å². The van der Waals surface area contributed by atoms with Crippen molar-refractivity contribution in [3.05, 3.63) is 22.8 Å². The van der Waals surface area contributed by atoms with Gasteiger partial charge in [0.15, 0.2) is 0 Å². The second-order valence-corrected chi connectivity index (χ2v) is 4.05. The molecular formula is C9H13NS. The Morgan fingerprint density at radius 1 is 1.36 bits per heavy atom. The summed E-state index contributed by atoms with van der Waals surface area (Å²) in [5.41, 5.74) is 1.39. The largest absolute Gasteiger partial charge is 0.384 e. The van der Waals surface area contributed by atoms with E-state index >= 15 is 0 Å². The van der Waals surface area contributed by atoms with Gasteiger partial charge in [0.1, 0.15) is 0 Å². The van der Waals surface area contributed by atoms with Crippen molar-refractivity contribution < 1.29 is 0 Å². The molecule has 0 saturated carbocycles. The maximum Gasteiger partial charge on any atom is 0.0434 e. The van der Waals surface area contributed by atoms with Crippen LogP contribution in [0.2, 0.25) is 0 Å². The fraction of sp³-hybridized carbons (Fsp3) is 0.556. The lowest BCUT2D eigenvalue weighted by Gasteiger charge is -2.12. The monoisotopic (exact) mass is 167 g/mol. The molecule has 0 aromatic heterocycles. The van der Waals surface area contributed by atoms with Gasteiger partial charge < -0.3 is 5.32 Å². The van der Waals surface area contributed by atoms with Crippen LogP contribution in [0.4, 0.5) is 0 Å². The quantitative estimate of drug-likeness (QED) is 0.594. The van der Waals surface area contributed by atoms with Crippen molar-refractivity contribution in [3.63, 3.8) is 0 Å². The molecule has 0 radical (unpaired) electrons. The number of hydrogen-bond acceptors (Lipinski definition) is 2. The van der Waals surface area contributed by atoms with Gasteiger partial charge in [-0.05, 0) is 25.3 Å². The molecule has 2 heteroatoms. The molecule has 0 aliphatic carbocycles. The van der Waals surface area contributed by atoms with Gasteiger partial charge in [0.2, 0.25) is 0 Å². The first-order valence-corrected chi connectivity index (χ1v) is 5.22. The zero-order valence-corrected chi connectivity index (χ0v) is 7.41. The van der Waals surface area contributed by atoms with Crippen molar-refractivity contribution in [3.8, 4) is 0 Å². The first-order chi connectivity index (χ1) is 5.47. The highest BCUT2D eigenvalue weighted by Gasteiger charge is 2.10. The molecule has 0 saturated heterocycles. The van der Waals surface area contributed by atoms with Gasteiger partial charge in [-0.2, -0.15) is 0 Å². The third-order valence-electron chi connectivity index (χ3n) is 2.08. The third kappa shape index (κ3) is 1.62. The molecule has 0 amide bonds. The van der Waals surface area contributed by atoms with Gasteiger partial charge in [-0.25, -0.2) is 0 Å². The van der Waals surface area contributed by atoms with Crippen molar-refractivity contribution >= 4 is 11.8 Å². The Morgan fingerprint density at radius 2 is 2.36 bits per heavy atom. The minimum Gasteiger partial charge on any atom is -0.384 e.